The maximum absolute atomic E-state index is 2.37. The lowest BCUT2D eigenvalue weighted by Crippen LogP contribution is -3.00. The highest BCUT2D eigenvalue weighted by Crippen LogP contribution is 2.17. The van der Waals surface area contributed by atoms with E-state index in [1.165, 1.54) is 21.8 Å². The minimum atomic E-state index is 0. The Kier molecular flexibility index (Phi) is 3.62. The number of aryl methyl sites for hydroxylation is 1. The van der Waals surface area contributed by atoms with E-state index in [0.717, 1.165) is 6.54 Å². The molecule has 0 fully saturated rings. The van der Waals surface area contributed by atoms with E-state index in [0.29, 0.717) is 0 Å². The van der Waals surface area contributed by atoms with E-state index in [1.54, 1.807) is 0 Å². The van der Waals surface area contributed by atoms with Crippen LogP contribution in [-0.2, 0) is 6.54 Å². The molecule has 0 aliphatic carbocycles. The molecule has 0 bridgehead atoms. The molecule has 1 heterocycles. The lowest BCUT2D eigenvalue weighted by molar-refractivity contribution is -0.641. The quantitative estimate of drug-likeness (QED) is 0.342. The first-order chi connectivity index (χ1) is 7.90. The number of hydrogen-bond acceptors (Lipinski definition) is 0. The van der Waals surface area contributed by atoms with Crippen molar-refractivity contribution in [3.05, 3.63) is 54.6 Å². The topological polar surface area (TPSA) is 3.88 Å². The Labute approximate surface area is 118 Å². The van der Waals surface area contributed by atoms with Gasteiger partial charge in [-0.05, 0) is 25.1 Å². The summed E-state index contributed by atoms with van der Waals surface area (Å²) in [6.07, 6.45) is 0. The van der Waals surface area contributed by atoms with Crippen molar-refractivity contribution in [1.29, 1.82) is 0 Å². The Hall–Kier alpha value is -1.16. The molecule has 0 saturated heterocycles. The minimum absolute atomic E-state index is 0. The van der Waals surface area contributed by atoms with Gasteiger partial charge in [0.05, 0.1) is 0 Å². The van der Waals surface area contributed by atoms with Crippen molar-refractivity contribution in [3.63, 3.8) is 0 Å². The predicted molar refractivity (Wildman–Crippen MR) is 67.3 cm³/mol. The van der Waals surface area contributed by atoms with Crippen molar-refractivity contribution >= 4 is 21.8 Å². The summed E-state index contributed by atoms with van der Waals surface area (Å²) in [7, 11) is 0. The molecule has 2 heteroatoms. The van der Waals surface area contributed by atoms with Crippen molar-refractivity contribution in [1.82, 2.24) is 0 Å². The van der Waals surface area contributed by atoms with Crippen molar-refractivity contribution in [2.24, 2.45) is 0 Å². The van der Waals surface area contributed by atoms with E-state index in [1.807, 2.05) is 0 Å². The molecule has 0 amide bonds. The first-order valence-corrected chi connectivity index (χ1v) is 5.70. The van der Waals surface area contributed by atoms with Gasteiger partial charge in [0, 0.05) is 22.9 Å². The largest absolute Gasteiger partial charge is 1.00 e. The molecule has 3 aromatic rings. The normalized spacial score (nSPS) is 10.4. The third-order valence-electron chi connectivity index (χ3n) is 3.08. The Bertz CT molecular complexity index is 607. The molecule has 0 atom stereocenters. The Morgan fingerprint density at radius 3 is 1.76 bits per heavy atom. The summed E-state index contributed by atoms with van der Waals surface area (Å²) in [6, 6.07) is 19.4. The standard InChI is InChI=1S/C15H14N.HI/c1-2-16-14-9-5-3-7-12(14)11-13-8-4-6-10-15(13)16;/h3-11H,2H2,1H3;1H/q+1;/p-1. The molecule has 0 aliphatic rings. The zero-order chi connectivity index (χ0) is 11.0. The first kappa shape index (κ1) is 12.3. The number of para-hydroxylation sites is 2. The molecule has 1 nitrogen and oxygen atoms in total. The number of benzene rings is 2. The van der Waals surface area contributed by atoms with Gasteiger partial charge in [-0.15, -0.1) is 0 Å². The summed E-state index contributed by atoms with van der Waals surface area (Å²) in [5, 5.41) is 2.62. The second kappa shape index (κ2) is 5.00. The number of halogens is 1. The molecule has 0 N–H and O–H groups in total. The summed E-state index contributed by atoms with van der Waals surface area (Å²) >= 11 is 0. The van der Waals surface area contributed by atoms with Gasteiger partial charge in [-0.2, -0.15) is 4.57 Å². The zero-order valence-corrected chi connectivity index (χ0v) is 11.9. The second-order valence-electron chi connectivity index (χ2n) is 4.01. The number of hydrogen-bond donors (Lipinski definition) is 0. The molecular weight excluding hydrogens is 321 g/mol. The van der Waals surface area contributed by atoms with Crippen LogP contribution in [0.2, 0.25) is 0 Å². The van der Waals surface area contributed by atoms with Crippen molar-refractivity contribution in [3.8, 4) is 0 Å². The summed E-state index contributed by atoms with van der Waals surface area (Å²) in [5.41, 5.74) is 2.62. The average molecular weight is 335 g/mol. The van der Waals surface area contributed by atoms with Crippen LogP contribution >= 0.6 is 0 Å². The van der Waals surface area contributed by atoms with Gasteiger partial charge in [-0.1, -0.05) is 24.3 Å². The summed E-state index contributed by atoms with van der Waals surface area (Å²) < 4.78 is 2.37. The van der Waals surface area contributed by atoms with Crippen LogP contribution in [0.15, 0.2) is 54.6 Å². The molecule has 0 radical (unpaired) electrons. The van der Waals surface area contributed by atoms with Gasteiger partial charge in [0.1, 0.15) is 6.54 Å². The van der Waals surface area contributed by atoms with Gasteiger partial charge < -0.3 is 24.0 Å². The van der Waals surface area contributed by atoms with E-state index < -0.39 is 0 Å². The number of fused-ring (bicyclic) bond motifs is 2. The van der Waals surface area contributed by atoms with Gasteiger partial charge in [-0.25, -0.2) is 0 Å². The molecule has 0 unspecified atom stereocenters. The number of rotatable bonds is 1. The van der Waals surface area contributed by atoms with E-state index >= 15 is 0 Å². The Morgan fingerprint density at radius 2 is 1.29 bits per heavy atom. The van der Waals surface area contributed by atoms with Crippen LogP contribution in [0, 0.1) is 0 Å². The van der Waals surface area contributed by atoms with Gasteiger partial charge >= 0.3 is 0 Å². The van der Waals surface area contributed by atoms with Crippen LogP contribution in [0.4, 0.5) is 0 Å². The number of nitrogens with zero attached hydrogens (tertiary/aromatic N) is 1. The van der Waals surface area contributed by atoms with Crippen LogP contribution in [0.1, 0.15) is 6.92 Å². The second-order valence-corrected chi connectivity index (χ2v) is 4.01. The van der Waals surface area contributed by atoms with E-state index in [2.05, 4.69) is 66.1 Å². The van der Waals surface area contributed by atoms with Gasteiger partial charge in [0.25, 0.3) is 0 Å². The minimum Gasteiger partial charge on any atom is -1.00 e. The van der Waals surface area contributed by atoms with Crippen LogP contribution < -0.4 is 28.5 Å². The van der Waals surface area contributed by atoms with Crippen LogP contribution in [0.5, 0.6) is 0 Å². The Morgan fingerprint density at radius 1 is 0.824 bits per heavy atom. The van der Waals surface area contributed by atoms with E-state index in [9.17, 15) is 0 Å². The Balaban J connectivity index is 0.00000108. The molecule has 1 aromatic heterocycles. The fourth-order valence-corrected chi connectivity index (χ4v) is 2.35. The maximum atomic E-state index is 2.37. The smallest absolute Gasteiger partial charge is 0.212 e. The van der Waals surface area contributed by atoms with Crippen LogP contribution in [-0.4, -0.2) is 0 Å². The molecule has 17 heavy (non-hydrogen) atoms. The lowest BCUT2D eigenvalue weighted by Gasteiger charge is -2.03. The molecule has 86 valence electrons. The average Bonchev–Trinajstić information content (AvgIpc) is 2.36. The molecule has 0 saturated carbocycles. The first-order valence-electron chi connectivity index (χ1n) is 5.70. The fourth-order valence-electron chi connectivity index (χ4n) is 2.35. The predicted octanol–water partition coefficient (Wildman–Crippen LogP) is 0.304. The highest BCUT2D eigenvalue weighted by Gasteiger charge is 2.11. The zero-order valence-electron chi connectivity index (χ0n) is 9.73. The summed E-state index contributed by atoms with van der Waals surface area (Å²) in [6.45, 7) is 3.20. The molecular formula is C15H14IN. The maximum Gasteiger partial charge on any atom is 0.212 e. The summed E-state index contributed by atoms with van der Waals surface area (Å²) in [5.74, 6) is 0. The number of aromatic nitrogens is 1. The highest BCUT2D eigenvalue weighted by molar-refractivity contribution is 5.88. The molecule has 0 spiro atoms. The third-order valence-corrected chi connectivity index (χ3v) is 3.08. The number of pyridine rings is 1. The summed E-state index contributed by atoms with van der Waals surface area (Å²) in [4.78, 5) is 0. The van der Waals surface area contributed by atoms with Crippen LogP contribution in [0.25, 0.3) is 21.8 Å². The molecule has 2 aromatic carbocycles. The van der Waals surface area contributed by atoms with Gasteiger partial charge in [-0.3, -0.25) is 0 Å². The van der Waals surface area contributed by atoms with Crippen LogP contribution in [0.3, 0.4) is 0 Å². The van der Waals surface area contributed by atoms with Gasteiger partial charge in [0.15, 0.2) is 0 Å². The molecule has 0 aliphatic heterocycles. The highest BCUT2D eigenvalue weighted by atomic mass is 127. The van der Waals surface area contributed by atoms with Gasteiger partial charge in [0.2, 0.25) is 11.0 Å². The van der Waals surface area contributed by atoms with Crippen molar-refractivity contribution in [2.45, 2.75) is 13.5 Å². The molecule has 3 rings (SSSR count). The van der Waals surface area contributed by atoms with E-state index in [4.69, 9.17) is 0 Å². The van der Waals surface area contributed by atoms with E-state index in [-0.39, 0.29) is 24.0 Å². The lowest BCUT2D eigenvalue weighted by atomic mass is 10.1. The fraction of sp³-hybridized carbons (Fsp3) is 0.133. The monoisotopic (exact) mass is 335 g/mol. The van der Waals surface area contributed by atoms with Crippen molar-refractivity contribution < 1.29 is 28.5 Å². The SMILES string of the molecule is CC[n+]1c2ccccc2cc2ccccc21.[I-]. The van der Waals surface area contributed by atoms with Crippen molar-refractivity contribution in [2.75, 3.05) is 0 Å². The third kappa shape index (κ3) is 2.02.